The molecule has 34 heavy (non-hydrogen) atoms. The minimum Gasteiger partial charge on any atom is -0.346 e. The van der Waals surface area contributed by atoms with Crippen LogP contribution in [0.1, 0.15) is 47.8 Å². The summed E-state index contributed by atoms with van der Waals surface area (Å²) in [6, 6.07) is 22.3. The van der Waals surface area contributed by atoms with Crippen molar-refractivity contribution in [3.05, 3.63) is 101 Å². The molecule has 0 spiro atoms. The second-order valence-electron chi connectivity index (χ2n) is 7.66. The highest BCUT2D eigenvalue weighted by Crippen LogP contribution is 2.18. The summed E-state index contributed by atoms with van der Waals surface area (Å²) < 4.78 is 27.1. The third-order valence-corrected chi connectivity index (χ3v) is 6.02. The van der Waals surface area contributed by atoms with Gasteiger partial charge in [-0.05, 0) is 60.5 Å². The fourth-order valence-corrected chi connectivity index (χ4v) is 3.96. The first kappa shape index (κ1) is 24.7. The number of anilines is 2. The average Bonchev–Trinajstić information content (AvgIpc) is 2.84. The fourth-order valence-electron chi connectivity index (χ4n) is 3.09. The molecule has 0 bridgehead atoms. The van der Waals surface area contributed by atoms with E-state index in [-0.39, 0.29) is 17.9 Å². The monoisotopic (exact) mass is 477 g/mol. The van der Waals surface area contributed by atoms with E-state index < -0.39 is 10.0 Å². The zero-order valence-corrected chi connectivity index (χ0v) is 19.8. The molecule has 0 aromatic heterocycles. The van der Waals surface area contributed by atoms with E-state index in [9.17, 15) is 18.0 Å². The van der Waals surface area contributed by atoms with Gasteiger partial charge in [0.25, 0.3) is 15.9 Å². The Morgan fingerprint density at radius 3 is 2.12 bits per heavy atom. The van der Waals surface area contributed by atoms with E-state index in [4.69, 9.17) is 0 Å². The highest BCUT2D eigenvalue weighted by atomic mass is 32.2. The number of rotatable bonds is 9. The van der Waals surface area contributed by atoms with E-state index in [1.54, 1.807) is 55.5 Å². The molecule has 1 atom stereocenters. The van der Waals surface area contributed by atoms with Crippen molar-refractivity contribution < 1.29 is 18.0 Å². The van der Waals surface area contributed by atoms with Crippen molar-refractivity contribution in [2.45, 2.75) is 26.3 Å². The Bertz CT molecular complexity index is 1250. The molecule has 0 saturated heterocycles. The van der Waals surface area contributed by atoms with Crippen LogP contribution in [0.3, 0.4) is 0 Å². The van der Waals surface area contributed by atoms with Crippen LogP contribution in [0, 0.1) is 0 Å². The molecule has 0 aliphatic carbocycles. The molecule has 0 saturated carbocycles. The minimum absolute atomic E-state index is 0.0629. The summed E-state index contributed by atoms with van der Waals surface area (Å²) in [6.45, 7) is 3.64. The topological polar surface area (TPSA) is 104 Å². The number of hydrogen-bond acceptors (Lipinski definition) is 4. The van der Waals surface area contributed by atoms with E-state index >= 15 is 0 Å². The summed E-state index contributed by atoms with van der Waals surface area (Å²) in [5.41, 5.74) is 3.12. The van der Waals surface area contributed by atoms with Crippen LogP contribution in [-0.4, -0.2) is 20.2 Å². The molecule has 7 nitrogen and oxygen atoms in total. The Balaban J connectivity index is 1.58. The summed E-state index contributed by atoms with van der Waals surface area (Å²) in [5.74, 6) is -0.346. The van der Waals surface area contributed by atoms with Crippen LogP contribution in [0.4, 0.5) is 11.4 Å². The van der Waals surface area contributed by atoms with Gasteiger partial charge in [0.15, 0.2) is 0 Å². The molecule has 1 unspecified atom stereocenters. The van der Waals surface area contributed by atoms with Crippen LogP contribution < -0.4 is 15.4 Å². The van der Waals surface area contributed by atoms with E-state index in [0.29, 0.717) is 23.4 Å². The van der Waals surface area contributed by atoms with Crippen molar-refractivity contribution >= 4 is 39.3 Å². The maximum absolute atomic E-state index is 12.6. The lowest BCUT2D eigenvalue weighted by Crippen LogP contribution is -2.26. The fraction of sp³-hybridized carbons (Fsp3) is 0.154. The normalized spacial score (nSPS) is 12.2. The molecule has 3 aromatic rings. The van der Waals surface area contributed by atoms with Gasteiger partial charge in [0, 0.05) is 23.4 Å². The average molecular weight is 478 g/mol. The number of benzene rings is 3. The molecule has 8 heteroatoms. The second kappa shape index (κ2) is 11.3. The SMILES string of the molecule is CCC(=O)Nc1ccc(C(C)NC(=O)c2ccc(NS(=O)(=O)/C=C/c3ccccc3)cc2)cc1. The Morgan fingerprint density at radius 2 is 1.50 bits per heavy atom. The van der Waals surface area contributed by atoms with Crippen LogP contribution >= 0.6 is 0 Å². The van der Waals surface area contributed by atoms with Crippen LogP contribution in [0.15, 0.2) is 84.3 Å². The Hall–Kier alpha value is -3.91. The van der Waals surface area contributed by atoms with Gasteiger partial charge < -0.3 is 10.6 Å². The maximum Gasteiger partial charge on any atom is 0.255 e. The van der Waals surface area contributed by atoms with Gasteiger partial charge in [-0.1, -0.05) is 49.4 Å². The molecule has 3 N–H and O–H groups in total. The number of carbonyl (C=O) groups is 2. The van der Waals surface area contributed by atoms with Gasteiger partial charge in [-0.25, -0.2) is 8.42 Å². The molecule has 3 rings (SSSR count). The zero-order valence-electron chi connectivity index (χ0n) is 19.0. The van der Waals surface area contributed by atoms with Crippen molar-refractivity contribution in [1.82, 2.24) is 5.32 Å². The number of hydrogen-bond donors (Lipinski definition) is 3. The van der Waals surface area contributed by atoms with E-state index in [2.05, 4.69) is 15.4 Å². The second-order valence-corrected chi connectivity index (χ2v) is 9.22. The number of carbonyl (C=O) groups excluding carboxylic acids is 2. The van der Waals surface area contributed by atoms with Crippen molar-refractivity contribution in [3.63, 3.8) is 0 Å². The van der Waals surface area contributed by atoms with Gasteiger partial charge in [-0.2, -0.15) is 0 Å². The first-order valence-electron chi connectivity index (χ1n) is 10.8. The van der Waals surface area contributed by atoms with Crippen LogP contribution in [0.25, 0.3) is 6.08 Å². The third kappa shape index (κ3) is 7.31. The molecule has 3 aromatic carbocycles. The lowest BCUT2D eigenvalue weighted by Gasteiger charge is -2.15. The molecule has 0 aliphatic heterocycles. The van der Waals surface area contributed by atoms with Gasteiger partial charge in [-0.3, -0.25) is 14.3 Å². The lowest BCUT2D eigenvalue weighted by molar-refractivity contribution is -0.115. The molecule has 0 fully saturated rings. The Kier molecular flexibility index (Phi) is 8.21. The van der Waals surface area contributed by atoms with Crippen LogP contribution in [0.2, 0.25) is 0 Å². The number of sulfonamides is 1. The zero-order chi connectivity index (χ0) is 24.6. The number of amides is 2. The molecular formula is C26H27N3O4S. The third-order valence-electron chi connectivity index (χ3n) is 5.01. The summed E-state index contributed by atoms with van der Waals surface area (Å²) in [6.07, 6.45) is 1.91. The summed E-state index contributed by atoms with van der Waals surface area (Å²) >= 11 is 0. The van der Waals surface area contributed by atoms with E-state index in [1.807, 2.05) is 37.3 Å². The standard InChI is InChI=1S/C26H27N3O4S/c1-3-25(30)28-23-13-9-21(10-14-23)19(2)27-26(31)22-11-15-24(16-12-22)29-34(32,33)18-17-20-7-5-4-6-8-20/h4-19,29H,3H2,1-2H3,(H,27,31)(H,28,30)/b18-17+. The van der Waals surface area contributed by atoms with Gasteiger partial charge in [0.2, 0.25) is 5.91 Å². The van der Waals surface area contributed by atoms with Gasteiger partial charge >= 0.3 is 0 Å². The molecule has 176 valence electrons. The Morgan fingerprint density at radius 1 is 0.882 bits per heavy atom. The molecule has 0 radical (unpaired) electrons. The summed E-state index contributed by atoms with van der Waals surface area (Å²) in [5, 5.41) is 6.80. The Labute approximate surface area is 200 Å². The largest absolute Gasteiger partial charge is 0.346 e. The first-order chi connectivity index (χ1) is 16.3. The molecule has 0 aliphatic rings. The predicted octanol–water partition coefficient (Wildman–Crippen LogP) is 4.94. The van der Waals surface area contributed by atoms with E-state index in [1.165, 1.54) is 6.08 Å². The van der Waals surface area contributed by atoms with Crippen LogP contribution in [-0.2, 0) is 14.8 Å². The smallest absolute Gasteiger partial charge is 0.255 e. The number of nitrogens with one attached hydrogen (secondary N) is 3. The summed E-state index contributed by atoms with van der Waals surface area (Å²) in [7, 11) is -3.69. The molecule has 0 heterocycles. The minimum atomic E-state index is -3.69. The van der Waals surface area contributed by atoms with Gasteiger partial charge in [0.1, 0.15) is 0 Å². The summed E-state index contributed by atoms with van der Waals surface area (Å²) in [4.78, 5) is 24.1. The maximum atomic E-state index is 12.6. The quantitative estimate of drug-likeness (QED) is 0.406. The van der Waals surface area contributed by atoms with Gasteiger partial charge in [0.05, 0.1) is 11.4 Å². The first-order valence-corrected chi connectivity index (χ1v) is 12.4. The van der Waals surface area contributed by atoms with Crippen molar-refractivity contribution in [1.29, 1.82) is 0 Å². The van der Waals surface area contributed by atoms with Crippen LogP contribution in [0.5, 0.6) is 0 Å². The predicted molar refractivity (Wildman–Crippen MR) is 136 cm³/mol. The lowest BCUT2D eigenvalue weighted by atomic mass is 10.1. The van der Waals surface area contributed by atoms with Gasteiger partial charge in [-0.15, -0.1) is 0 Å². The van der Waals surface area contributed by atoms with Crippen molar-refractivity contribution in [2.24, 2.45) is 0 Å². The molecule has 2 amide bonds. The van der Waals surface area contributed by atoms with Crippen molar-refractivity contribution in [3.8, 4) is 0 Å². The van der Waals surface area contributed by atoms with E-state index in [0.717, 1.165) is 16.5 Å². The highest BCUT2D eigenvalue weighted by Gasteiger charge is 2.13. The molecular weight excluding hydrogens is 450 g/mol. The van der Waals surface area contributed by atoms with Crippen molar-refractivity contribution in [2.75, 3.05) is 10.0 Å². The highest BCUT2D eigenvalue weighted by molar-refractivity contribution is 7.95.